The molecule has 0 aliphatic heterocycles. The van der Waals surface area contributed by atoms with Crippen molar-refractivity contribution in [3.05, 3.63) is 0 Å². The van der Waals surface area contributed by atoms with Crippen molar-refractivity contribution in [2.45, 2.75) is 59.8 Å². The third-order valence-electron chi connectivity index (χ3n) is 6.21. The summed E-state index contributed by atoms with van der Waals surface area (Å²) >= 11 is 0. The Bertz CT molecular complexity index is 278. The molecule has 4 aliphatic rings. The van der Waals surface area contributed by atoms with Crippen LogP contribution in [0.15, 0.2) is 0 Å². The summed E-state index contributed by atoms with van der Waals surface area (Å²) in [5.74, 6) is 4.19. The maximum atomic E-state index is 2.61. The molecule has 0 aromatic heterocycles. The van der Waals surface area contributed by atoms with E-state index in [1.807, 2.05) is 0 Å². The third kappa shape index (κ3) is 1.26. The molecule has 0 heterocycles. The summed E-state index contributed by atoms with van der Waals surface area (Å²) < 4.78 is 0. The van der Waals surface area contributed by atoms with Crippen LogP contribution in [0, 0.1) is 34.5 Å². The van der Waals surface area contributed by atoms with E-state index in [1.165, 1.54) is 25.7 Å². The van der Waals surface area contributed by atoms with E-state index in [-0.39, 0.29) is 0 Å². The molecule has 5 atom stereocenters. The van der Waals surface area contributed by atoms with E-state index in [0.717, 1.165) is 29.1 Å². The lowest BCUT2D eigenvalue weighted by atomic mass is 9.45. The third-order valence-corrected chi connectivity index (χ3v) is 6.21. The van der Waals surface area contributed by atoms with Gasteiger partial charge >= 0.3 is 0 Å². The highest BCUT2D eigenvalue weighted by Crippen LogP contribution is 2.68. The summed E-state index contributed by atoms with van der Waals surface area (Å²) in [5, 5.41) is 0. The smallest absolute Gasteiger partial charge is 0.0264 e. The molecule has 0 nitrogen and oxygen atoms in total. The van der Waals surface area contributed by atoms with Crippen LogP contribution in [0.25, 0.3) is 0 Å². The van der Waals surface area contributed by atoms with Gasteiger partial charge in [-0.3, -0.25) is 0 Å². The fraction of sp³-hybridized carbons (Fsp3) is 1.00. The summed E-state index contributed by atoms with van der Waals surface area (Å²) in [4.78, 5) is 0. The van der Waals surface area contributed by atoms with Gasteiger partial charge in [0.25, 0.3) is 0 Å². The highest BCUT2D eigenvalue weighted by molar-refractivity contribution is 5.08. The Morgan fingerprint density at radius 3 is 2.33 bits per heavy atom. The van der Waals surface area contributed by atoms with Gasteiger partial charge < -0.3 is 0 Å². The second-order valence-corrected chi connectivity index (χ2v) is 7.80. The van der Waals surface area contributed by atoms with Crippen molar-refractivity contribution >= 4 is 0 Å². The number of hydrogen-bond donors (Lipinski definition) is 0. The van der Waals surface area contributed by atoms with E-state index in [0.29, 0.717) is 5.41 Å². The molecule has 0 spiro atoms. The van der Waals surface area contributed by atoms with Gasteiger partial charge in [0.05, 0.1) is 0 Å². The van der Waals surface area contributed by atoms with Crippen LogP contribution in [-0.2, 0) is 0 Å². The molecule has 4 saturated carbocycles. The molecule has 0 N–H and O–H groups in total. The minimum Gasteiger partial charge on any atom is -0.0622 e. The first kappa shape index (κ1) is 10.2. The Kier molecular flexibility index (Phi) is 1.91. The molecule has 4 rings (SSSR count). The van der Waals surface area contributed by atoms with E-state index in [1.54, 1.807) is 6.42 Å². The van der Waals surface area contributed by atoms with Crippen LogP contribution in [-0.4, -0.2) is 0 Å². The van der Waals surface area contributed by atoms with Crippen LogP contribution in [0.4, 0.5) is 0 Å². The van der Waals surface area contributed by atoms with E-state index in [4.69, 9.17) is 0 Å². The van der Waals surface area contributed by atoms with Crippen molar-refractivity contribution < 1.29 is 0 Å². The van der Waals surface area contributed by atoms with Gasteiger partial charge in [-0.15, -0.1) is 0 Å². The van der Waals surface area contributed by atoms with Gasteiger partial charge in [-0.1, -0.05) is 27.7 Å². The molecule has 0 radical (unpaired) electrons. The summed E-state index contributed by atoms with van der Waals surface area (Å²) in [6.07, 6.45) is 7.61. The zero-order valence-electron chi connectivity index (χ0n) is 10.8. The lowest BCUT2D eigenvalue weighted by Crippen LogP contribution is -2.51. The number of fused-ring (bicyclic) bond motifs is 3. The Hall–Kier alpha value is 0. The Morgan fingerprint density at radius 1 is 1.00 bits per heavy atom. The predicted molar refractivity (Wildman–Crippen MR) is 64.6 cm³/mol. The maximum Gasteiger partial charge on any atom is -0.0264 e. The largest absolute Gasteiger partial charge is 0.0622 e. The average Bonchev–Trinajstić information content (AvgIpc) is 2.21. The minimum atomic E-state index is 0.625. The molecule has 0 aromatic rings. The summed E-state index contributed by atoms with van der Waals surface area (Å²) in [5.41, 5.74) is 1.37. The topological polar surface area (TPSA) is 0 Å². The summed E-state index contributed by atoms with van der Waals surface area (Å²) in [7, 11) is 0. The molecule has 86 valence electrons. The highest BCUT2D eigenvalue weighted by Gasteiger charge is 2.59. The van der Waals surface area contributed by atoms with Crippen molar-refractivity contribution in [1.82, 2.24) is 0 Å². The van der Waals surface area contributed by atoms with Gasteiger partial charge in [-0.05, 0) is 66.6 Å². The van der Waals surface area contributed by atoms with E-state index >= 15 is 0 Å². The van der Waals surface area contributed by atoms with Crippen LogP contribution < -0.4 is 0 Å². The van der Waals surface area contributed by atoms with E-state index in [9.17, 15) is 0 Å². The molecule has 15 heavy (non-hydrogen) atoms. The van der Waals surface area contributed by atoms with Gasteiger partial charge in [-0.2, -0.15) is 0 Å². The van der Waals surface area contributed by atoms with Gasteiger partial charge in [-0.25, -0.2) is 0 Å². The normalized spacial score (nSPS) is 56.8. The van der Waals surface area contributed by atoms with Gasteiger partial charge in [0.1, 0.15) is 0 Å². The zero-order valence-corrected chi connectivity index (χ0v) is 10.8. The van der Waals surface area contributed by atoms with Crippen molar-refractivity contribution in [2.75, 3.05) is 0 Å². The first-order valence-corrected chi connectivity index (χ1v) is 6.92. The molecule has 5 unspecified atom stereocenters. The minimum absolute atomic E-state index is 0.625. The SMILES string of the molecule is CC1CC2CC(C)(C)CC1C1(C)CCC21. The predicted octanol–water partition coefficient (Wildman–Crippen LogP) is 4.49. The molecule has 4 aliphatic carbocycles. The monoisotopic (exact) mass is 206 g/mol. The Balaban J connectivity index is 1.99. The molecular weight excluding hydrogens is 180 g/mol. The van der Waals surface area contributed by atoms with Crippen molar-refractivity contribution in [2.24, 2.45) is 34.5 Å². The van der Waals surface area contributed by atoms with Crippen molar-refractivity contribution in [3.63, 3.8) is 0 Å². The highest BCUT2D eigenvalue weighted by atomic mass is 14.6. The first-order valence-electron chi connectivity index (χ1n) is 6.92. The fourth-order valence-electron chi connectivity index (χ4n) is 5.51. The molecular formula is C15H26. The Labute approximate surface area is 94.8 Å². The maximum absolute atomic E-state index is 2.61. The lowest BCUT2D eigenvalue weighted by Gasteiger charge is -2.59. The molecule has 4 fully saturated rings. The van der Waals surface area contributed by atoms with Gasteiger partial charge in [0, 0.05) is 0 Å². The fourth-order valence-corrected chi connectivity index (χ4v) is 5.51. The van der Waals surface area contributed by atoms with E-state index in [2.05, 4.69) is 27.7 Å². The summed E-state index contributed by atoms with van der Waals surface area (Å²) in [6, 6.07) is 0. The van der Waals surface area contributed by atoms with E-state index < -0.39 is 0 Å². The molecule has 0 saturated heterocycles. The summed E-state index contributed by atoms with van der Waals surface area (Å²) in [6.45, 7) is 10.2. The molecule has 2 bridgehead atoms. The standard InChI is InChI=1S/C15H26/c1-10-7-11-8-14(2,3)9-13(10)15(4)6-5-12(11)15/h10-13H,5-9H2,1-4H3. The second-order valence-electron chi connectivity index (χ2n) is 7.80. The number of rotatable bonds is 0. The second kappa shape index (κ2) is 2.81. The number of hydrogen-bond acceptors (Lipinski definition) is 0. The average molecular weight is 206 g/mol. The van der Waals surface area contributed by atoms with Crippen LogP contribution in [0.3, 0.4) is 0 Å². The van der Waals surface area contributed by atoms with Crippen LogP contribution in [0.2, 0.25) is 0 Å². The lowest BCUT2D eigenvalue weighted by molar-refractivity contribution is -0.103. The van der Waals surface area contributed by atoms with Crippen molar-refractivity contribution in [1.29, 1.82) is 0 Å². The zero-order chi connectivity index (χ0) is 10.8. The molecule has 0 heteroatoms. The first-order chi connectivity index (χ1) is 6.92. The molecule has 0 amide bonds. The Morgan fingerprint density at radius 2 is 1.73 bits per heavy atom. The van der Waals surface area contributed by atoms with Gasteiger partial charge in [0.2, 0.25) is 0 Å². The molecule has 0 aromatic carbocycles. The van der Waals surface area contributed by atoms with Crippen LogP contribution >= 0.6 is 0 Å². The quantitative estimate of drug-likeness (QED) is 0.547. The van der Waals surface area contributed by atoms with Crippen LogP contribution in [0.5, 0.6) is 0 Å². The van der Waals surface area contributed by atoms with Crippen molar-refractivity contribution in [3.8, 4) is 0 Å². The van der Waals surface area contributed by atoms with Crippen LogP contribution in [0.1, 0.15) is 59.8 Å². The van der Waals surface area contributed by atoms with Gasteiger partial charge in [0.15, 0.2) is 0 Å².